The minimum absolute atomic E-state index is 0.105. The van der Waals surface area contributed by atoms with Crippen molar-refractivity contribution in [1.29, 1.82) is 0 Å². The van der Waals surface area contributed by atoms with Crippen molar-refractivity contribution in [2.45, 2.75) is 38.5 Å². The Hall–Kier alpha value is -2.82. The number of carbonyl (C=O) groups excluding carboxylic acids is 1. The van der Waals surface area contributed by atoms with Gasteiger partial charge in [0, 0.05) is 6.54 Å². The van der Waals surface area contributed by atoms with Crippen LogP contribution in [-0.4, -0.2) is 30.1 Å². The maximum Gasteiger partial charge on any atom is 0.341 e. The Morgan fingerprint density at radius 3 is 2.26 bits per heavy atom. The summed E-state index contributed by atoms with van der Waals surface area (Å²) >= 11 is 0. The fourth-order valence-electron chi connectivity index (χ4n) is 3.41. The average molecular weight is 367 g/mol. The molecule has 0 heterocycles. The van der Waals surface area contributed by atoms with Gasteiger partial charge in [-0.1, -0.05) is 41.5 Å². The predicted octanol–water partition coefficient (Wildman–Crippen LogP) is 3.16. The van der Waals surface area contributed by atoms with Crippen LogP contribution in [0.4, 0.5) is 0 Å². The Kier molecular flexibility index (Phi) is 5.49. The molecule has 2 aromatic rings. The molecule has 0 aromatic heterocycles. The lowest BCUT2D eigenvalue weighted by Gasteiger charge is -2.17. The first kappa shape index (κ1) is 19.0. The fourth-order valence-corrected chi connectivity index (χ4v) is 3.41. The quantitative estimate of drug-likeness (QED) is 0.751. The van der Waals surface area contributed by atoms with Gasteiger partial charge in [0.1, 0.15) is 5.75 Å². The molecular formula is C22H25NO4. The molecule has 5 heteroatoms. The molecule has 0 aliphatic heterocycles. The first-order valence-corrected chi connectivity index (χ1v) is 9.20. The molecule has 0 spiro atoms. The van der Waals surface area contributed by atoms with Crippen LogP contribution in [-0.2, 0) is 21.4 Å². The normalized spacial score (nSPS) is 14.4. The van der Waals surface area contributed by atoms with Gasteiger partial charge in [0.25, 0.3) is 0 Å². The maximum atomic E-state index is 12.8. The van der Waals surface area contributed by atoms with Crippen LogP contribution in [0.5, 0.6) is 5.75 Å². The second kappa shape index (κ2) is 7.82. The van der Waals surface area contributed by atoms with Gasteiger partial charge in [0.2, 0.25) is 5.91 Å². The Labute approximate surface area is 159 Å². The van der Waals surface area contributed by atoms with Crippen molar-refractivity contribution in [2.75, 3.05) is 13.2 Å². The average Bonchev–Trinajstić information content (AvgIpc) is 3.42. The minimum atomic E-state index is -1.00. The second-order valence-corrected chi connectivity index (χ2v) is 7.29. The summed E-state index contributed by atoms with van der Waals surface area (Å²) in [5.41, 5.74) is 4.21. The van der Waals surface area contributed by atoms with E-state index >= 15 is 0 Å². The highest BCUT2D eigenvalue weighted by Gasteiger charge is 2.51. The van der Waals surface area contributed by atoms with Crippen LogP contribution in [0.15, 0.2) is 42.5 Å². The molecule has 1 saturated carbocycles. The van der Waals surface area contributed by atoms with Crippen molar-refractivity contribution < 1.29 is 19.4 Å². The van der Waals surface area contributed by atoms with Gasteiger partial charge >= 0.3 is 5.97 Å². The number of rotatable bonds is 8. The van der Waals surface area contributed by atoms with Crippen LogP contribution < -0.4 is 10.1 Å². The van der Waals surface area contributed by atoms with E-state index in [1.54, 1.807) is 12.1 Å². The van der Waals surface area contributed by atoms with Crippen molar-refractivity contribution in [2.24, 2.45) is 0 Å². The third kappa shape index (κ3) is 4.67. The second-order valence-electron chi connectivity index (χ2n) is 7.29. The number of hydrogen-bond acceptors (Lipinski definition) is 3. The van der Waals surface area contributed by atoms with Crippen LogP contribution in [0.1, 0.15) is 35.1 Å². The molecule has 1 amide bonds. The lowest BCUT2D eigenvalue weighted by atomic mass is 9.92. The molecule has 0 bridgehead atoms. The Morgan fingerprint density at radius 2 is 1.70 bits per heavy atom. The van der Waals surface area contributed by atoms with Crippen molar-refractivity contribution in [3.63, 3.8) is 0 Å². The highest BCUT2D eigenvalue weighted by Crippen LogP contribution is 2.48. The van der Waals surface area contributed by atoms with E-state index in [4.69, 9.17) is 9.84 Å². The summed E-state index contributed by atoms with van der Waals surface area (Å²) < 4.78 is 5.12. The molecule has 0 unspecified atom stereocenters. The minimum Gasteiger partial charge on any atom is -0.482 e. The van der Waals surface area contributed by atoms with E-state index in [1.165, 1.54) is 11.1 Å². The van der Waals surface area contributed by atoms with E-state index in [0.717, 1.165) is 24.0 Å². The summed E-state index contributed by atoms with van der Waals surface area (Å²) in [5, 5.41) is 11.7. The standard InChI is InChI=1S/C22H25NO4/c1-15-11-16(2)13-18(12-15)22(8-9-22)21(26)23-10-7-17-3-5-19(6-4-17)27-14-20(24)25/h3-6,11-13H,7-10,14H2,1-2H3,(H,23,26)(H,24,25). The number of carboxylic acids is 1. The number of benzene rings is 2. The van der Waals surface area contributed by atoms with E-state index in [0.29, 0.717) is 18.7 Å². The van der Waals surface area contributed by atoms with E-state index < -0.39 is 5.97 Å². The Balaban J connectivity index is 1.53. The Morgan fingerprint density at radius 1 is 1.07 bits per heavy atom. The number of nitrogens with one attached hydrogen (secondary N) is 1. The number of carbonyl (C=O) groups is 2. The molecule has 1 aliphatic rings. The van der Waals surface area contributed by atoms with Gasteiger partial charge in [-0.05, 0) is 56.4 Å². The molecule has 0 saturated heterocycles. The van der Waals surface area contributed by atoms with E-state index in [-0.39, 0.29) is 17.9 Å². The van der Waals surface area contributed by atoms with Crippen LogP contribution in [0.3, 0.4) is 0 Å². The van der Waals surface area contributed by atoms with Gasteiger partial charge in [-0.3, -0.25) is 4.79 Å². The number of ether oxygens (including phenoxy) is 1. The zero-order valence-corrected chi connectivity index (χ0v) is 15.7. The molecule has 142 valence electrons. The largest absolute Gasteiger partial charge is 0.482 e. The van der Waals surface area contributed by atoms with Crippen LogP contribution in [0, 0.1) is 13.8 Å². The van der Waals surface area contributed by atoms with Crippen molar-refractivity contribution in [1.82, 2.24) is 5.32 Å². The number of amides is 1. The number of carboxylic acid groups (broad SMARTS) is 1. The molecule has 27 heavy (non-hydrogen) atoms. The molecular weight excluding hydrogens is 342 g/mol. The summed E-state index contributed by atoms with van der Waals surface area (Å²) in [4.78, 5) is 23.3. The number of aliphatic carboxylic acids is 1. The Bertz CT molecular complexity index is 818. The summed E-state index contributed by atoms with van der Waals surface area (Å²) in [7, 11) is 0. The van der Waals surface area contributed by atoms with E-state index in [9.17, 15) is 9.59 Å². The summed E-state index contributed by atoms with van der Waals surface area (Å²) in [6.45, 7) is 4.35. The van der Waals surface area contributed by atoms with Crippen molar-refractivity contribution >= 4 is 11.9 Å². The SMILES string of the molecule is Cc1cc(C)cc(C2(C(=O)NCCc3ccc(OCC(=O)O)cc3)CC2)c1. The zero-order valence-electron chi connectivity index (χ0n) is 15.7. The molecule has 1 fully saturated rings. The van der Waals surface area contributed by atoms with Crippen molar-refractivity contribution in [3.8, 4) is 5.75 Å². The third-order valence-corrected chi connectivity index (χ3v) is 4.94. The lowest BCUT2D eigenvalue weighted by Crippen LogP contribution is -2.36. The molecule has 5 nitrogen and oxygen atoms in total. The first-order chi connectivity index (χ1) is 12.9. The molecule has 2 aromatic carbocycles. The topological polar surface area (TPSA) is 75.6 Å². The van der Waals surface area contributed by atoms with Gasteiger partial charge in [-0.2, -0.15) is 0 Å². The summed E-state index contributed by atoms with van der Waals surface area (Å²) in [6, 6.07) is 13.6. The number of hydrogen-bond donors (Lipinski definition) is 2. The van der Waals surface area contributed by atoms with Crippen LogP contribution >= 0.6 is 0 Å². The highest BCUT2D eigenvalue weighted by molar-refractivity contribution is 5.91. The summed E-state index contributed by atoms with van der Waals surface area (Å²) in [5.74, 6) is -0.370. The van der Waals surface area contributed by atoms with Crippen LogP contribution in [0.25, 0.3) is 0 Å². The van der Waals surface area contributed by atoms with Gasteiger partial charge in [0.05, 0.1) is 5.41 Å². The lowest BCUT2D eigenvalue weighted by molar-refractivity contribution is -0.139. The molecule has 0 radical (unpaired) electrons. The maximum absolute atomic E-state index is 12.8. The van der Waals surface area contributed by atoms with E-state index in [1.807, 2.05) is 12.1 Å². The molecule has 2 N–H and O–H groups in total. The molecule has 1 aliphatic carbocycles. The fraction of sp³-hybridized carbons (Fsp3) is 0.364. The smallest absolute Gasteiger partial charge is 0.341 e. The van der Waals surface area contributed by atoms with Crippen LogP contribution in [0.2, 0.25) is 0 Å². The van der Waals surface area contributed by atoms with Crippen molar-refractivity contribution in [3.05, 3.63) is 64.7 Å². The predicted molar refractivity (Wildman–Crippen MR) is 103 cm³/mol. The van der Waals surface area contributed by atoms with Gasteiger partial charge in [-0.15, -0.1) is 0 Å². The monoisotopic (exact) mass is 367 g/mol. The zero-order chi connectivity index (χ0) is 19.4. The van der Waals surface area contributed by atoms with Gasteiger partial charge in [-0.25, -0.2) is 4.79 Å². The number of aryl methyl sites for hydroxylation is 2. The molecule has 3 rings (SSSR count). The first-order valence-electron chi connectivity index (χ1n) is 9.20. The third-order valence-electron chi connectivity index (χ3n) is 4.94. The molecule has 0 atom stereocenters. The van der Waals surface area contributed by atoms with E-state index in [2.05, 4.69) is 37.4 Å². The van der Waals surface area contributed by atoms with Gasteiger partial charge in [0.15, 0.2) is 6.61 Å². The summed E-state index contributed by atoms with van der Waals surface area (Å²) in [6.07, 6.45) is 2.52. The van der Waals surface area contributed by atoms with Gasteiger partial charge < -0.3 is 15.2 Å². The highest BCUT2D eigenvalue weighted by atomic mass is 16.5.